The predicted octanol–water partition coefficient (Wildman–Crippen LogP) is 4.97. The van der Waals surface area contributed by atoms with Crippen LogP contribution in [0.25, 0.3) is 0 Å². The van der Waals surface area contributed by atoms with Gasteiger partial charge in [0.1, 0.15) is 17.8 Å². The predicted molar refractivity (Wildman–Crippen MR) is 108 cm³/mol. The molecular formula is C23H20F3N3O2. The van der Waals surface area contributed by atoms with Gasteiger partial charge in [0, 0.05) is 23.4 Å². The van der Waals surface area contributed by atoms with Gasteiger partial charge in [-0.05, 0) is 57.2 Å². The minimum absolute atomic E-state index is 0.224. The molecule has 0 fully saturated rings. The standard InChI is InChI=1S/C23H20F3N3O2/c1-21(2,3)10-11-22(30,17-12-27-15-28-13-17)20-9-8-19(14-29-20)31-18-6-4-16(5-7-18)23(24,25)26/h4-9,12-15,30H,1-3H3. The summed E-state index contributed by atoms with van der Waals surface area (Å²) in [5.41, 5.74) is -2.29. The summed E-state index contributed by atoms with van der Waals surface area (Å²) < 4.78 is 43.6. The molecule has 2 aromatic heterocycles. The molecule has 0 spiro atoms. The highest BCUT2D eigenvalue weighted by Crippen LogP contribution is 2.32. The number of hydrogen-bond donors (Lipinski definition) is 1. The molecule has 1 N–H and O–H groups in total. The highest BCUT2D eigenvalue weighted by molar-refractivity contribution is 5.42. The molecule has 31 heavy (non-hydrogen) atoms. The Morgan fingerprint density at radius 1 is 0.806 bits per heavy atom. The summed E-state index contributed by atoms with van der Waals surface area (Å²) in [6.45, 7) is 5.74. The second-order valence-electron chi connectivity index (χ2n) is 7.84. The van der Waals surface area contributed by atoms with Crippen molar-refractivity contribution in [2.75, 3.05) is 0 Å². The Bertz CT molecular complexity index is 1080. The van der Waals surface area contributed by atoms with Crippen molar-refractivity contribution in [3.63, 3.8) is 0 Å². The van der Waals surface area contributed by atoms with Crippen molar-refractivity contribution in [3.05, 3.63) is 78.1 Å². The van der Waals surface area contributed by atoms with Crippen LogP contribution in [0.3, 0.4) is 0 Å². The van der Waals surface area contributed by atoms with E-state index in [0.29, 0.717) is 11.3 Å². The zero-order valence-electron chi connectivity index (χ0n) is 17.1. The highest BCUT2D eigenvalue weighted by Gasteiger charge is 2.33. The highest BCUT2D eigenvalue weighted by atomic mass is 19.4. The van der Waals surface area contributed by atoms with Crippen LogP contribution in [0, 0.1) is 17.3 Å². The number of aromatic nitrogens is 3. The number of nitrogens with zero attached hydrogens (tertiary/aromatic N) is 3. The molecule has 0 aliphatic heterocycles. The zero-order chi connectivity index (χ0) is 22.7. The van der Waals surface area contributed by atoms with E-state index in [-0.39, 0.29) is 16.9 Å². The average Bonchev–Trinajstić information content (AvgIpc) is 2.72. The molecule has 5 nitrogen and oxygen atoms in total. The first-order valence-corrected chi connectivity index (χ1v) is 9.31. The Balaban J connectivity index is 1.89. The minimum Gasteiger partial charge on any atom is -0.456 e. The molecule has 3 aromatic rings. The zero-order valence-corrected chi connectivity index (χ0v) is 17.1. The lowest BCUT2D eigenvalue weighted by Crippen LogP contribution is -2.27. The molecule has 0 saturated heterocycles. The summed E-state index contributed by atoms with van der Waals surface area (Å²) in [6, 6.07) is 7.41. The van der Waals surface area contributed by atoms with Gasteiger partial charge in [0.05, 0.1) is 17.5 Å². The SMILES string of the molecule is CC(C)(C)C#CC(O)(c1cncnc1)c1ccc(Oc2ccc(C(F)(F)F)cc2)cn1. The lowest BCUT2D eigenvalue weighted by Gasteiger charge is -2.22. The third kappa shape index (κ3) is 5.58. The summed E-state index contributed by atoms with van der Waals surface area (Å²) in [7, 11) is 0. The van der Waals surface area contributed by atoms with Crippen LogP contribution in [0.5, 0.6) is 11.5 Å². The summed E-state index contributed by atoms with van der Waals surface area (Å²) in [5, 5.41) is 11.3. The molecule has 1 aromatic carbocycles. The van der Waals surface area contributed by atoms with E-state index < -0.39 is 17.3 Å². The van der Waals surface area contributed by atoms with Gasteiger partial charge in [0.15, 0.2) is 5.60 Å². The van der Waals surface area contributed by atoms with Crippen molar-refractivity contribution in [1.29, 1.82) is 0 Å². The normalized spacial score (nSPS) is 13.6. The van der Waals surface area contributed by atoms with E-state index in [1.165, 1.54) is 43.1 Å². The smallest absolute Gasteiger partial charge is 0.416 e. The molecule has 0 amide bonds. The lowest BCUT2D eigenvalue weighted by molar-refractivity contribution is -0.137. The second-order valence-corrected chi connectivity index (χ2v) is 7.84. The van der Waals surface area contributed by atoms with Gasteiger partial charge < -0.3 is 9.84 Å². The van der Waals surface area contributed by atoms with Crippen molar-refractivity contribution in [1.82, 2.24) is 15.0 Å². The summed E-state index contributed by atoms with van der Waals surface area (Å²) >= 11 is 0. The quantitative estimate of drug-likeness (QED) is 0.596. The fourth-order valence-corrected chi connectivity index (χ4v) is 2.55. The number of aliphatic hydroxyl groups is 1. The summed E-state index contributed by atoms with van der Waals surface area (Å²) in [4.78, 5) is 12.2. The number of halogens is 3. The Hall–Kier alpha value is -3.44. The Morgan fingerprint density at radius 2 is 1.42 bits per heavy atom. The van der Waals surface area contributed by atoms with Gasteiger partial charge in [0.2, 0.25) is 0 Å². The van der Waals surface area contributed by atoms with E-state index in [1.807, 2.05) is 20.8 Å². The summed E-state index contributed by atoms with van der Waals surface area (Å²) in [6.07, 6.45) is 1.20. The first-order chi connectivity index (χ1) is 14.5. The molecule has 8 heteroatoms. The molecular weight excluding hydrogens is 407 g/mol. The lowest BCUT2D eigenvalue weighted by atomic mass is 9.89. The van der Waals surface area contributed by atoms with Gasteiger partial charge in [0.25, 0.3) is 0 Å². The van der Waals surface area contributed by atoms with Gasteiger partial charge in [-0.2, -0.15) is 13.2 Å². The molecule has 0 bridgehead atoms. The van der Waals surface area contributed by atoms with Crippen molar-refractivity contribution in [2.45, 2.75) is 32.5 Å². The maximum absolute atomic E-state index is 12.7. The van der Waals surface area contributed by atoms with E-state index in [0.717, 1.165) is 12.1 Å². The Kier molecular flexibility index (Phi) is 6.00. The number of pyridine rings is 1. The number of rotatable bonds is 4. The molecule has 0 aliphatic rings. The molecule has 0 radical (unpaired) electrons. The maximum Gasteiger partial charge on any atom is 0.416 e. The monoisotopic (exact) mass is 427 g/mol. The van der Waals surface area contributed by atoms with Crippen molar-refractivity contribution < 1.29 is 23.0 Å². The van der Waals surface area contributed by atoms with E-state index in [9.17, 15) is 18.3 Å². The van der Waals surface area contributed by atoms with Crippen LogP contribution < -0.4 is 4.74 Å². The van der Waals surface area contributed by atoms with Gasteiger partial charge in [-0.15, -0.1) is 0 Å². The number of benzene rings is 1. The van der Waals surface area contributed by atoms with Gasteiger partial charge in [-0.1, -0.05) is 11.8 Å². The molecule has 160 valence electrons. The van der Waals surface area contributed by atoms with Crippen LogP contribution >= 0.6 is 0 Å². The van der Waals surface area contributed by atoms with Crippen molar-refractivity contribution in [3.8, 4) is 23.3 Å². The number of hydrogen-bond acceptors (Lipinski definition) is 5. The maximum atomic E-state index is 12.7. The van der Waals surface area contributed by atoms with Crippen LogP contribution in [-0.4, -0.2) is 20.1 Å². The van der Waals surface area contributed by atoms with E-state index in [1.54, 1.807) is 6.07 Å². The van der Waals surface area contributed by atoms with Crippen LogP contribution in [0.4, 0.5) is 13.2 Å². The molecule has 2 heterocycles. The summed E-state index contributed by atoms with van der Waals surface area (Å²) in [5.74, 6) is 6.40. The van der Waals surface area contributed by atoms with Crippen molar-refractivity contribution in [2.24, 2.45) is 5.41 Å². The Labute approximate surface area is 178 Å². The molecule has 1 unspecified atom stereocenters. The topological polar surface area (TPSA) is 68.1 Å². The van der Waals surface area contributed by atoms with Crippen molar-refractivity contribution >= 4 is 0 Å². The largest absolute Gasteiger partial charge is 0.456 e. The minimum atomic E-state index is -4.42. The molecule has 0 saturated carbocycles. The molecule has 1 atom stereocenters. The Morgan fingerprint density at radius 3 is 1.94 bits per heavy atom. The van der Waals surface area contributed by atoms with E-state index >= 15 is 0 Å². The average molecular weight is 427 g/mol. The van der Waals surface area contributed by atoms with E-state index in [4.69, 9.17) is 4.74 Å². The molecule has 0 aliphatic carbocycles. The third-order valence-corrected chi connectivity index (χ3v) is 4.12. The number of alkyl halides is 3. The first-order valence-electron chi connectivity index (χ1n) is 9.31. The fourth-order valence-electron chi connectivity index (χ4n) is 2.55. The fraction of sp³-hybridized carbons (Fsp3) is 0.261. The first kappa shape index (κ1) is 22.2. The van der Waals surface area contributed by atoms with Crippen LogP contribution in [0.2, 0.25) is 0 Å². The molecule has 3 rings (SSSR count). The third-order valence-electron chi connectivity index (χ3n) is 4.12. The second kappa shape index (κ2) is 8.36. The van der Waals surface area contributed by atoms with Gasteiger partial charge in [-0.3, -0.25) is 4.98 Å². The number of ether oxygens (including phenoxy) is 1. The van der Waals surface area contributed by atoms with Gasteiger partial charge in [-0.25, -0.2) is 9.97 Å². The van der Waals surface area contributed by atoms with Crippen LogP contribution in [-0.2, 0) is 11.8 Å². The van der Waals surface area contributed by atoms with E-state index in [2.05, 4.69) is 26.8 Å². The van der Waals surface area contributed by atoms with Crippen LogP contribution in [0.15, 0.2) is 61.3 Å². The van der Waals surface area contributed by atoms with Crippen LogP contribution in [0.1, 0.15) is 37.6 Å². The van der Waals surface area contributed by atoms with Gasteiger partial charge >= 0.3 is 6.18 Å².